The summed E-state index contributed by atoms with van der Waals surface area (Å²) < 4.78 is 0. The van der Waals surface area contributed by atoms with Crippen LogP contribution in [-0.4, -0.2) is 23.1 Å². The summed E-state index contributed by atoms with van der Waals surface area (Å²) in [5.74, 6) is 0.920. The van der Waals surface area contributed by atoms with E-state index in [9.17, 15) is 0 Å². The van der Waals surface area contributed by atoms with Gasteiger partial charge in [-0.15, -0.1) is 0 Å². The molecule has 1 aliphatic rings. The lowest BCUT2D eigenvalue weighted by Gasteiger charge is -2.19. The van der Waals surface area contributed by atoms with E-state index in [1.807, 2.05) is 20.8 Å². The van der Waals surface area contributed by atoms with Gasteiger partial charge in [-0.05, 0) is 6.92 Å². The Morgan fingerprint density at radius 2 is 1.85 bits per heavy atom. The zero-order valence-corrected chi connectivity index (χ0v) is 8.39. The summed E-state index contributed by atoms with van der Waals surface area (Å²) in [6.45, 7) is 7.85. The summed E-state index contributed by atoms with van der Waals surface area (Å²) in [5, 5.41) is 6.43. The average Bonchev–Trinajstić information content (AvgIpc) is 2.22. The van der Waals surface area contributed by atoms with Gasteiger partial charge in [-0.2, -0.15) is 0 Å². The monoisotopic (exact) mass is 180 g/mol. The van der Waals surface area contributed by atoms with E-state index in [0.717, 1.165) is 30.3 Å². The van der Waals surface area contributed by atoms with Gasteiger partial charge in [0.2, 0.25) is 0 Å². The smallest absolute Gasteiger partial charge is 0.153 e. The van der Waals surface area contributed by atoms with Crippen LogP contribution in [-0.2, 0) is 0 Å². The molecule has 13 heavy (non-hydrogen) atoms. The van der Waals surface area contributed by atoms with Crippen molar-refractivity contribution >= 4 is 11.5 Å². The third-order valence-electron chi connectivity index (χ3n) is 1.76. The van der Waals surface area contributed by atoms with Gasteiger partial charge < -0.3 is 10.6 Å². The molecule has 0 saturated carbocycles. The van der Waals surface area contributed by atoms with Crippen LogP contribution in [0.25, 0.3) is 0 Å². The number of anilines is 2. The van der Waals surface area contributed by atoms with Gasteiger partial charge in [0.15, 0.2) is 5.82 Å². The summed E-state index contributed by atoms with van der Waals surface area (Å²) in [6.07, 6.45) is 1.58. The summed E-state index contributed by atoms with van der Waals surface area (Å²) in [6, 6.07) is 0. The Bertz CT molecular complexity index is 272. The molecule has 0 spiro atoms. The van der Waals surface area contributed by atoms with Gasteiger partial charge in [0.05, 0.1) is 11.4 Å². The Kier molecular flexibility index (Phi) is 3.49. The third-order valence-corrected chi connectivity index (χ3v) is 1.76. The zero-order valence-electron chi connectivity index (χ0n) is 8.39. The van der Waals surface area contributed by atoms with Crippen molar-refractivity contribution in [2.45, 2.75) is 20.8 Å². The van der Waals surface area contributed by atoms with Gasteiger partial charge in [0.25, 0.3) is 0 Å². The third kappa shape index (κ3) is 2.08. The van der Waals surface area contributed by atoms with Crippen molar-refractivity contribution in [3.05, 3.63) is 12.0 Å². The quantitative estimate of drug-likeness (QED) is 0.637. The first-order valence-electron chi connectivity index (χ1n) is 4.67. The molecule has 4 heteroatoms. The van der Waals surface area contributed by atoms with Gasteiger partial charge in [-0.25, -0.2) is 9.97 Å². The van der Waals surface area contributed by atoms with Crippen molar-refractivity contribution in [3.8, 4) is 0 Å². The van der Waals surface area contributed by atoms with E-state index < -0.39 is 0 Å². The lowest BCUT2D eigenvalue weighted by atomic mass is 10.3. The molecule has 0 radical (unpaired) electrons. The van der Waals surface area contributed by atoms with Gasteiger partial charge >= 0.3 is 0 Å². The Morgan fingerprint density at radius 3 is 2.54 bits per heavy atom. The molecular formula is C9H16N4. The number of aryl methyl sites for hydroxylation is 1. The van der Waals surface area contributed by atoms with Gasteiger partial charge in [-0.3, -0.25) is 0 Å². The predicted octanol–water partition coefficient (Wildman–Crippen LogP) is 1.65. The normalized spacial score (nSPS) is 12.8. The summed E-state index contributed by atoms with van der Waals surface area (Å²) in [7, 11) is 0. The summed E-state index contributed by atoms with van der Waals surface area (Å²) in [4.78, 5) is 8.17. The standard InChI is InChI=1S/C7H10N4.C2H6/c1-5-6-7(11-4-10-5)9-3-2-8-6;1-2/h4,8H,2-3H2,1H3,(H,9,10,11);1-2H3. The number of nitrogens with one attached hydrogen (secondary N) is 2. The van der Waals surface area contributed by atoms with Crippen molar-refractivity contribution < 1.29 is 0 Å². The molecule has 4 nitrogen and oxygen atoms in total. The molecule has 0 unspecified atom stereocenters. The molecule has 1 aliphatic heterocycles. The van der Waals surface area contributed by atoms with Crippen molar-refractivity contribution in [2.75, 3.05) is 23.7 Å². The van der Waals surface area contributed by atoms with Crippen LogP contribution in [0.3, 0.4) is 0 Å². The van der Waals surface area contributed by atoms with Crippen LogP contribution in [0, 0.1) is 6.92 Å². The minimum Gasteiger partial charge on any atom is -0.379 e. The second-order valence-electron chi connectivity index (χ2n) is 2.54. The van der Waals surface area contributed by atoms with Crippen LogP contribution in [0.5, 0.6) is 0 Å². The molecule has 0 saturated heterocycles. The van der Waals surface area contributed by atoms with Crippen LogP contribution < -0.4 is 10.6 Å². The van der Waals surface area contributed by atoms with Crippen LogP contribution in [0.2, 0.25) is 0 Å². The molecule has 2 N–H and O–H groups in total. The molecule has 0 atom stereocenters. The molecule has 72 valence electrons. The lowest BCUT2D eigenvalue weighted by Crippen LogP contribution is -2.22. The van der Waals surface area contributed by atoms with Crippen molar-refractivity contribution in [1.29, 1.82) is 0 Å². The maximum Gasteiger partial charge on any atom is 0.153 e. The summed E-state index contributed by atoms with van der Waals surface area (Å²) >= 11 is 0. The van der Waals surface area contributed by atoms with Gasteiger partial charge in [-0.1, -0.05) is 13.8 Å². The number of nitrogens with zero attached hydrogens (tertiary/aromatic N) is 2. The first-order valence-corrected chi connectivity index (χ1v) is 4.67. The molecule has 0 bridgehead atoms. The Morgan fingerprint density at radius 1 is 1.15 bits per heavy atom. The minimum atomic E-state index is 0.920. The van der Waals surface area contributed by atoms with Crippen LogP contribution in [0.1, 0.15) is 19.5 Å². The molecule has 0 aliphatic carbocycles. The van der Waals surface area contributed by atoms with E-state index in [1.54, 1.807) is 6.33 Å². The SMILES string of the molecule is CC.Cc1ncnc2c1NCCN2. The van der Waals surface area contributed by atoms with Crippen LogP contribution in [0.4, 0.5) is 11.5 Å². The van der Waals surface area contributed by atoms with E-state index >= 15 is 0 Å². The number of aromatic nitrogens is 2. The Balaban J connectivity index is 0.000000396. The highest BCUT2D eigenvalue weighted by Crippen LogP contribution is 2.22. The largest absolute Gasteiger partial charge is 0.379 e. The first-order chi connectivity index (χ1) is 6.38. The zero-order chi connectivity index (χ0) is 9.68. The molecule has 1 aromatic heterocycles. The highest BCUT2D eigenvalue weighted by molar-refractivity contribution is 5.68. The molecule has 0 aromatic carbocycles. The van der Waals surface area contributed by atoms with Gasteiger partial charge in [0, 0.05) is 13.1 Å². The van der Waals surface area contributed by atoms with E-state index in [-0.39, 0.29) is 0 Å². The fourth-order valence-corrected chi connectivity index (χ4v) is 1.19. The highest BCUT2D eigenvalue weighted by Gasteiger charge is 2.10. The average molecular weight is 180 g/mol. The Hall–Kier alpha value is -1.32. The number of hydrogen-bond donors (Lipinski definition) is 2. The number of rotatable bonds is 0. The van der Waals surface area contributed by atoms with Crippen molar-refractivity contribution in [2.24, 2.45) is 0 Å². The first kappa shape index (κ1) is 9.77. The van der Waals surface area contributed by atoms with Crippen molar-refractivity contribution in [3.63, 3.8) is 0 Å². The second kappa shape index (κ2) is 4.64. The van der Waals surface area contributed by atoms with E-state index in [1.165, 1.54) is 0 Å². The van der Waals surface area contributed by atoms with E-state index in [2.05, 4.69) is 20.6 Å². The fourth-order valence-electron chi connectivity index (χ4n) is 1.19. The minimum absolute atomic E-state index is 0.920. The van der Waals surface area contributed by atoms with E-state index in [0.29, 0.717) is 0 Å². The maximum atomic E-state index is 4.10. The van der Waals surface area contributed by atoms with Crippen molar-refractivity contribution in [1.82, 2.24) is 9.97 Å². The molecule has 2 heterocycles. The Labute approximate surface area is 78.8 Å². The fraction of sp³-hybridized carbons (Fsp3) is 0.556. The molecular weight excluding hydrogens is 164 g/mol. The van der Waals surface area contributed by atoms with Crippen LogP contribution in [0.15, 0.2) is 6.33 Å². The molecule has 2 rings (SSSR count). The highest BCUT2D eigenvalue weighted by atomic mass is 15.1. The van der Waals surface area contributed by atoms with Gasteiger partial charge in [0.1, 0.15) is 6.33 Å². The molecule has 0 amide bonds. The second-order valence-corrected chi connectivity index (χ2v) is 2.54. The van der Waals surface area contributed by atoms with E-state index in [4.69, 9.17) is 0 Å². The molecule has 1 aromatic rings. The number of hydrogen-bond acceptors (Lipinski definition) is 4. The molecule has 0 fully saturated rings. The maximum absolute atomic E-state index is 4.10. The topological polar surface area (TPSA) is 49.8 Å². The van der Waals surface area contributed by atoms with Crippen LogP contribution >= 0.6 is 0 Å². The predicted molar refractivity (Wildman–Crippen MR) is 55.1 cm³/mol. The summed E-state index contributed by atoms with van der Waals surface area (Å²) in [5.41, 5.74) is 2.04. The lowest BCUT2D eigenvalue weighted by molar-refractivity contribution is 0.980. The number of fused-ring (bicyclic) bond motifs is 1.